The Morgan fingerprint density at radius 1 is 1.11 bits per heavy atom. The summed E-state index contributed by atoms with van der Waals surface area (Å²) in [6.45, 7) is 4.09. The average Bonchev–Trinajstić information content (AvgIpc) is 3.08. The van der Waals surface area contributed by atoms with Gasteiger partial charge in [0.25, 0.3) is 0 Å². The first kappa shape index (κ1) is 20.5. The number of carbonyl (C=O) groups is 1. The zero-order chi connectivity index (χ0) is 18.5. The van der Waals surface area contributed by atoms with Crippen molar-refractivity contribution in [2.45, 2.75) is 13.8 Å². The number of aromatic carboxylic acids is 1. The van der Waals surface area contributed by atoms with Crippen LogP contribution < -0.4 is 0 Å². The Morgan fingerprint density at radius 3 is 2.56 bits per heavy atom. The quantitative estimate of drug-likeness (QED) is 0.390. The van der Waals surface area contributed by atoms with Crippen molar-refractivity contribution in [2.24, 2.45) is 0 Å². The Labute approximate surface area is 171 Å². The molecule has 5 nitrogen and oxygen atoms in total. The van der Waals surface area contributed by atoms with Gasteiger partial charge in [-0.3, -0.25) is 4.68 Å². The molecule has 0 aliphatic rings. The summed E-state index contributed by atoms with van der Waals surface area (Å²) in [5.41, 5.74) is 3.49. The van der Waals surface area contributed by atoms with Crippen molar-refractivity contribution in [2.75, 3.05) is 0 Å². The van der Waals surface area contributed by atoms with Crippen LogP contribution in [0.15, 0.2) is 67.1 Å². The van der Waals surface area contributed by atoms with E-state index in [4.69, 9.17) is 5.11 Å². The number of aryl methyl sites for hydroxylation is 2. The first-order valence-corrected chi connectivity index (χ1v) is 8.11. The van der Waals surface area contributed by atoms with Crippen LogP contribution in [0.1, 0.15) is 21.6 Å². The number of fused-ring (bicyclic) bond motifs is 1. The number of carboxylic acids is 1. The normalized spacial score (nSPS) is 9.85. The number of rotatable bonds is 2. The van der Waals surface area contributed by atoms with E-state index in [-0.39, 0.29) is 25.8 Å². The summed E-state index contributed by atoms with van der Waals surface area (Å²) in [4.78, 5) is 14.6. The second-order valence-electron chi connectivity index (χ2n) is 5.90. The topological polar surface area (TPSA) is 68.0 Å². The molecule has 0 saturated heterocycles. The Hall–Kier alpha value is -2.82. The molecule has 0 atom stereocenters. The molecule has 1 radical (unpaired) electrons. The maximum Gasteiger partial charge on any atom is 0.355 e. The van der Waals surface area contributed by atoms with E-state index in [9.17, 15) is 4.79 Å². The Bertz CT molecular complexity index is 1050. The molecule has 2 aromatic carbocycles. The van der Waals surface area contributed by atoms with Gasteiger partial charge >= 0.3 is 5.97 Å². The van der Waals surface area contributed by atoms with Crippen LogP contribution in [0.3, 0.4) is 0 Å². The zero-order valence-corrected chi connectivity index (χ0v) is 17.3. The van der Waals surface area contributed by atoms with Crippen molar-refractivity contribution in [1.82, 2.24) is 14.8 Å². The molecule has 2 aromatic heterocycles. The summed E-state index contributed by atoms with van der Waals surface area (Å²) in [5, 5.41) is 14.6. The van der Waals surface area contributed by atoms with Gasteiger partial charge < -0.3 is 5.11 Å². The van der Waals surface area contributed by atoms with Crippen molar-refractivity contribution < 1.29 is 30.0 Å². The minimum absolute atomic E-state index is 0. The number of pyridine rings is 1. The number of carboxylic acid groups (broad SMARTS) is 1. The molecule has 139 valence electrons. The summed E-state index contributed by atoms with van der Waals surface area (Å²) in [6.07, 6.45) is 5.34. The maximum absolute atomic E-state index is 10.8. The molecule has 0 unspecified atom stereocenters. The molecule has 0 amide bonds. The molecule has 2 heterocycles. The molecule has 1 N–H and O–H groups in total. The van der Waals surface area contributed by atoms with Crippen molar-refractivity contribution >= 4 is 16.7 Å². The molecule has 6 heteroatoms. The third kappa shape index (κ3) is 5.09. The number of hydrogen-bond acceptors (Lipinski definition) is 3. The molecule has 0 fully saturated rings. The fraction of sp³-hybridized carbons (Fsp3) is 0.0952. The molecule has 0 bridgehead atoms. The van der Waals surface area contributed by atoms with Crippen LogP contribution in [0.5, 0.6) is 0 Å². The molecule has 4 rings (SSSR count). The van der Waals surface area contributed by atoms with Gasteiger partial charge in [-0.1, -0.05) is 31.2 Å². The first-order chi connectivity index (χ1) is 12.5. The van der Waals surface area contributed by atoms with Crippen LogP contribution in [0, 0.1) is 19.9 Å². The van der Waals surface area contributed by atoms with Gasteiger partial charge in [-0.15, -0.1) is 6.07 Å². The zero-order valence-electron chi connectivity index (χ0n) is 14.9. The molecule has 4 aromatic rings. The Balaban J connectivity index is 0.000000187. The van der Waals surface area contributed by atoms with E-state index in [0.29, 0.717) is 5.39 Å². The van der Waals surface area contributed by atoms with E-state index in [1.165, 1.54) is 11.8 Å². The van der Waals surface area contributed by atoms with Gasteiger partial charge in [-0.25, -0.2) is 9.78 Å². The van der Waals surface area contributed by atoms with Crippen LogP contribution >= 0.6 is 0 Å². The molecule has 0 aliphatic carbocycles. The van der Waals surface area contributed by atoms with Crippen molar-refractivity contribution in [3.63, 3.8) is 0 Å². The van der Waals surface area contributed by atoms with Gasteiger partial charge in [0.2, 0.25) is 0 Å². The third-order valence-electron chi connectivity index (χ3n) is 3.78. The molecule has 0 spiro atoms. The first-order valence-electron chi connectivity index (χ1n) is 8.11. The van der Waals surface area contributed by atoms with Gasteiger partial charge in [0.05, 0.1) is 6.20 Å². The maximum atomic E-state index is 10.8. The summed E-state index contributed by atoms with van der Waals surface area (Å²) in [6, 6.07) is 18.2. The molecule has 0 saturated carbocycles. The summed E-state index contributed by atoms with van der Waals surface area (Å²) in [5.74, 6) is -0.989. The molecule has 0 aliphatic heterocycles. The van der Waals surface area contributed by atoms with E-state index in [0.717, 1.165) is 16.6 Å². The van der Waals surface area contributed by atoms with Crippen LogP contribution in [0.2, 0.25) is 0 Å². The van der Waals surface area contributed by atoms with Gasteiger partial charge in [-0.2, -0.15) is 28.9 Å². The van der Waals surface area contributed by atoms with Crippen LogP contribution in [0.25, 0.3) is 16.5 Å². The van der Waals surface area contributed by atoms with Crippen LogP contribution in [-0.4, -0.2) is 25.8 Å². The summed E-state index contributed by atoms with van der Waals surface area (Å²) in [7, 11) is 0. The number of nitrogens with zero attached hydrogens (tertiary/aromatic N) is 3. The van der Waals surface area contributed by atoms with E-state index in [2.05, 4.69) is 29.1 Å². The Morgan fingerprint density at radius 2 is 1.89 bits per heavy atom. The van der Waals surface area contributed by atoms with E-state index in [1.807, 2.05) is 48.3 Å². The van der Waals surface area contributed by atoms with E-state index >= 15 is 0 Å². The van der Waals surface area contributed by atoms with Gasteiger partial charge in [-0.05, 0) is 29.6 Å². The summed E-state index contributed by atoms with van der Waals surface area (Å²) < 4.78 is 1.84. The average molecular weight is 537 g/mol. The minimum atomic E-state index is -0.989. The fourth-order valence-electron chi connectivity index (χ4n) is 2.53. The molecule has 27 heavy (non-hydrogen) atoms. The number of hydrogen-bond donors (Lipinski definition) is 1. The smallest absolute Gasteiger partial charge is 0.355 e. The van der Waals surface area contributed by atoms with Gasteiger partial charge in [0.15, 0.2) is 5.69 Å². The second kappa shape index (κ2) is 9.21. The van der Waals surface area contributed by atoms with Crippen LogP contribution in [-0.2, 0) is 20.1 Å². The standard InChI is InChI=1S/C11H11N2.C10H7NO2.Ir/c1-9-4-3-5-11(6-9)13-8-10(2)7-12-13;12-10(13)9-8-4-2-1-3-7(8)5-6-11-9;/h3-4,6-8H,1-2H3;1-6H,(H,12,13);/q-1;;. The monoisotopic (exact) mass is 537 g/mol. The van der Waals surface area contributed by atoms with E-state index in [1.54, 1.807) is 18.2 Å². The fourth-order valence-corrected chi connectivity index (χ4v) is 2.53. The van der Waals surface area contributed by atoms with Crippen molar-refractivity contribution in [3.05, 3.63) is 90.0 Å². The van der Waals surface area contributed by atoms with E-state index < -0.39 is 5.97 Å². The van der Waals surface area contributed by atoms with Crippen LogP contribution in [0.4, 0.5) is 0 Å². The number of benzene rings is 2. The predicted molar refractivity (Wildman–Crippen MR) is 101 cm³/mol. The third-order valence-corrected chi connectivity index (χ3v) is 3.78. The minimum Gasteiger partial charge on any atom is -0.476 e. The van der Waals surface area contributed by atoms with Crippen molar-refractivity contribution in [1.29, 1.82) is 0 Å². The van der Waals surface area contributed by atoms with Gasteiger partial charge in [0, 0.05) is 37.9 Å². The summed E-state index contributed by atoms with van der Waals surface area (Å²) >= 11 is 0. The molecular weight excluding hydrogens is 518 g/mol. The van der Waals surface area contributed by atoms with Gasteiger partial charge in [0.1, 0.15) is 0 Å². The Kier molecular flexibility index (Phi) is 6.99. The molecular formula is C21H18IrN3O2-. The number of aromatic nitrogens is 3. The second-order valence-corrected chi connectivity index (χ2v) is 5.90. The predicted octanol–water partition coefficient (Wildman–Crippen LogP) is 4.22. The van der Waals surface area contributed by atoms with Crippen molar-refractivity contribution in [3.8, 4) is 5.69 Å². The SMILES string of the molecule is Cc1cc[c-]c(-n2cc(C)cn2)c1.O=C(O)c1nccc2ccccc12.[Ir]. The largest absolute Gasteiger partial charge is 0.476 e.